The molecule has 0 radical (unpaired) electrons. The second-order valence-electron chi connectivity index (χ2n) is 6.70. The summed E-state index contributed by atoms with van der Waals surface area (Å²) in [5, 5.41) is 1.36. The highest BCUT2D eigenvalue weighted by atomic mass is 35.5. The maximum atomic E-state index is 15.7. The molecule has 0 unspecified atom stereocenters. The van der Waals surface area contributed by atoms with Crippen molar-refractivity contribution in [3.8, 4) is 33.6 Å². The average Bonchev–Trinajstić information content (AvgIpc) is 2.75. The third kappa shape index (κ3) is 4.43. The van der Waals surface area contributed by atoms with Crippen LogP contribution in [0.5, 0.6) is 0 Å². The molecule has 0 amide bonds. The second-order valence-corrected chi connectivity index (χ2v) is 9.14. The topological polar surface area (TPSA) is 12.9 Å². The summed E-state index contributed by atoms with van der Waals surface area (Å²) in [6.07, 6.45) is 0. The highest BCUT2D eigenvalue weighted by Gasteiger charge is 2.24. The monoisotopic (exact) mass is 547 g/mol. The van der Waals surface area contributed by atoms with Gasteiger partial charge in [-0.3, -0.25) is 0 Å². The van der Waals surface area contributed by atoms with Gasteiger partial charge >= 0.3 is 0 Å². The average molecular weight is 550 g/mol. The van der Waals surface area contributed by atoms with Gasteiger partial charge in [0.05, 0.1) is 35.7 Å². The fourth-order valence-electron chi connectivity index (χ4n) is 3.12. The first-order valence-corrected chi connectivity index (χ1v) is 11.2. The van der Waals surface area contributed by atoms with E-state index in [1.54, 1.807) is 0 Å². The van der Waals surface area contributed by atoms with Gasteiger partial charge < -0.3 is 0 Å². The van der Waals surface area contributed by atoms with Gasteiger partial charge in [0.1, 0.15) is 11.4 Å². The molecule has 0 spiro atoms. The molecule has 0 N–H and O–H groups in total. The van der Waals surface area contributed by atoms with E-state index in [4.69, 9.17) is 69.6 Å². The van der Waals surface area contributed by atoms with Crippen LogP contribution in [0.1, 0.15) is 0 Å². The molecule has 1 heterocycles. The molecule has 1 nitrogen and oxygen atoms in total. The maximum absolute atomic E-state index is 15.7. The molecule has 1 aromatic heterocycles. The smallest absolute Gasteiger partial charge is 0.160 e. The van der Waals surface area contributed by atoms with Crippen LogP contribution in [-0.2, 0) is 0 Å². The number of halogens is 8. The molecule has 0 fully saturated rings. The Labute approximate surface area is 212 Å². The minimum atomic E-state index is -0.900. The molecule has 0 bridgehead atoms. The van der Waals surface area contributed by atoms with Crippen molar-refractivity contribution >= 4 is 69.6 Å². The van der Waals surface area contributed by atoms with Crippen LogP contribution in [0.15, 0.2) is 54.6 Å². The third-order valence-corrected chi connectivity index (χ3v) is 6.89. The van der Waals surface area contributed by atoms with Gasteiger partial charge in [0, 0.05) is 11.1 Å². The van der Waals surface area contributed by atoms with Gasteiger partial charge in [-0.05, 0) is 42.0 Å². The summed E-state index contributed by atoms with van der Waals surface area (Å²) < 4.78 is 31.4. The maximum Gasteiger partial charge on any atom is 0.160 e. The van der Waals surface area contributed by atoms with Crippen LogP contribution in [0.2, 0.25) is 30.1 Å². The van der Waals surface area contributed by atoms with Gasteiger partial charge in [0.15, 0.2) is 11.6 Å². The van der Waals surface area contributed by atoms with Gasteiger partial charge in [0.25, 0.3) is 0 Å². The summed E-state index contributed by atoms with van der Waals surface area (Å²) >= 11 is 36.3. The minimum Gasteiger partial charge on any atom is -0.242 e. The molecule has 3 aromatic carbocycles. The molecular formula is C23H9Cl6F2N. The normalized spacial score (nSPS) is 11.1. The molecule has 32 heavy (non-hydrogen) atoms. The van der Waals surface area contributed by atoms with Gasteiger partial charge in [-0.25, -0.2) is 13.8 Å². The van der Waals surface area contributed by atoms with E-state index in [0.29, 0.717) is 11.1 Å². The van der Waals surface area contributed by atoms with Gasteiger partial charge in [-0.15, -0.1) is 0 Å². The Kier molecular flexibility index (Phi) is 6.88. The van der Waals surface area contributed by atoms with Gasteiger partial charge in [-0.1, -0.05) is 87.8 Å². The molecule has 0 saturated heterocycles. The Morgan fingerprint density at radius 1 is 0.469 bits per heavy atom. The molecule has 0 aliphatic rings. The Morgan fingerprint density at radius 2 is 0.812 bits per heavy atom. The molecule has 0 atom stereocenters. The Hall–Kier alpha value is -1.59. The van der Waals surface area contributed by atoms with Gasteiger partial charge in [-0.2, -0.15) is 0 Å². The number of hydrogen-bond donors (Lipinski definition) is 0. The van der Waals surface area contributed by atoms with Crippen molar-refractivity contribution in [2.75, 3.05) is 0 Å². The van der Waals surface area contributed by atoms with E-state index < -0.39 is 11.6 Å². The predicted octanol–water partition coefficient (Wildman–Crippen LogP) is 10.3. The summed E-state index contributed by atoms with van der Waals surface area (Å²) in [5.41, 5.74) is 0.193. The molecule has 4 rings (SSSR count). The molecule has 9 heteroatoms. The van der Waals surface area contributed by atoms with Crippen molar-refractivity contribution in [1.29, 1.82) is 0 Å². The standard InChI is InChI=1S/C23H9Cl6F2N/c24-13-4-1-10(7-16(13)27)19-20(30)22(11-2-5-14(25)17(28)8-11)32-23(21(19)31)12-3-6-15(26)18(29)9-12/h1-9H. The summed E-state index contributed by atoms with van der Waals surface area (Å²) in [6, 6.07) is 13.3. The first-order chi connectivity index (χ1) is 15.2. The lowest BCUT2D eigenvalue weighted by Gasteiger charge is -2.15. The largest absolute Gasteiger partial charge is 0.242 e. The van der Waals surface area contributed by atoms with Crippen molar-refractivity contribution in [3.05, 3.63) is 96.4 Å². The van der Waals surface area contributed by atoms with Crippen molar-refractivity contribution in [1.82, 2.24) is 4.98 Å². The predicted molar refractivity (Wildman–Crippen MR) is 131 cm³/mol. The Balaban J connectivity index is 2.06. The fraction of sp³-hybridized carbons (Fsp3) is 0. The molecule has 0 saturated carbocycles. The quantitative estimate of drug-likeness (QED) is 0.248. The van der Waals surface area contributed by atoms with Crippen LogP contribution in [0.3, 0.4) is 0 Å². The Bertz CT molecular complexity index is 1300. The first kappa shape index (κ1) is 23.6. The number of aromatic nitrogens is 1. The van der Waals surface area contributed by atoms with Crippen LogP contribution in [0.25, 0.3) is 33.6 Å². The van der Waals surface area contributed by atoms with Crippen molar-refractivity contribution in [3.63, 3.8) is 0 Å². The summed E-state index contributed by atoms with van der Waals surface area (Å²) in [5.74, 6) is -1.80. The van der Waals surface area contributed by atoms with E-state index in [9.17, 15) is 0 Å². The third-order valence-electron chi connectivity index (χ3n) is 4.67. The molecule has 0 aliphatic heterocycles. The lowest BCUT2D eigenvalue weighted by atomic mass is 9.98. The molecule has 162 valence electrons. The fourth-order valence-corrected chi connectivity index (χ4v) is 4.01. The van der Waals surface area contributed by atoms with Crippen LogP contribution in [0.4, 0.5) is 8.78 Å². The van der Waals surface area contributed by atoms with Crippen LogP contribution < -0.4 is 0 Å². The highest BCUT2D eigenvalue weighted by molar-refractivity contribution is 6.43. The molecule has 4 aromatic rings. The highest BCUT2D eigenvalue weighted by Crippen LogP contribution is 2.40. The van der Waals surface area contributed by atoms with Crippen LogP contribution >= 0.6 is 69.6 Å². The van der Waals surface area contributed by atoms with E-state index in [2.05, 4.69) is 4.98 Å². The van der Waals surface area contributed by atoms with E-state index in [0.717, 1.165) is 0 Å². The van der Waals surface area contributed by atoms with Gasteiger partial charge in [0.2, 0.25) is 0 Å². The Morgan fingerprint density at radius 3 is 1.19 bits per heavy atom. The zero-order chi connectivity index (χ0) is 23.2. The minimum absolute atomic E-state index is 0.132. The zero-order valence-electron chi connectivity index (χ0n) is 15.7. The van der Waals surface area contributed by atoms with E-state index >= 15 is 8.78 Å². The number of benzene rings is 3. The van der Waals surface area contributed by atoms with Crippen molar-refractivity contribution < 1.29 is 8.78 Å². The van der Waals surface area contributed by atoms with E-state index in [1.807, 2.05) is 0 Å². The number of nitrogens with zero attached hydrogens (tertiary/aromatic N) is 1. The van der Waals surface area contributed by atoms with Crippen molar-refractivity contribution in [2.24, 2.45) is 0 Å². The summed E-state index contributed by atoms with van der Waals surface area (Å²) in [4.78, 5) is 4.27. The van der Waals surface area contributed by atoms with E-state index in [-0.39, 0.29) is 52.7 Å². The summed E-state index contributed by atoms with van der Waals surface area (Å²) in [6.45, 7) is 0. The van der Waals surface area contributed by atoms with Crippen LogP contribution in [-0.4, -0.2) is 4.98 Å². The second kappa shape index (κ2) is 9.34. The molecule has 0 aliphatic carbocycles. The lowest BCUT2D eigenvalue weighted by Crippen LogP contribution is -2.02. The lowest BCUT2D eigenvalue weighted by molar-refractivity contribution is 0.585. The SMILES string of the molecule is Fc1c(-c2ccc(Cl)c(Cl)c2)nc(-c2ccc(Cl)c(Cl)c2)c(F)c1-c1ccc(Cl)c(Cl)c1. The summed E-state index contributed by atoms with van der Waals surface area (Å²) in [7, 11) is 0. The zero-order valence-corrected chi connectivity index (χ0v) is 20.2. The number of pyridine rings is 1. The number of rotatable bonds is 3. The van der Waals surface area contributed by atoms with Crippen molar-refractivity contribution in [2.45, 2.75) is 0 Å². The van der Waals surface area contributed by atoms with Crippen LogP contribution in [0, 0.1) is 11.6 Å². The first-order valence-electron chi connectivity index (χ1n) is 8.92. The number of hydrogen-bond acceptors (Lipinski definition) is 1. The molecular weight excluding hydrogens is 541 g/mol. The van der Waals surface area contributed by atoms with E-state index in [1.165, 1.54) is 54.6 Å².